The lowest BCUT2D eigenvalue weighted by Crippen LogP contribution is -2.03. The third-order valence-electron chi connectivity index (χ3n) is 5.02. The molecule has 4 heterocycles. The monoisotopic (exact) mass is 396 g/mol. The van der Waals surface area contributed by atoms with E-state index in [4.69, 9.17) is 15.0 Å². The number of hydrogen-bond donors (Lipinski definition) is 0. The third kappa shape index (κ3) is 4.22. The Morgan fingerprint density at radius 3 is 1.07 bits per heavy atom. The van der Waals surface area contributed by atoms with E-state index < -0.39 is 0 Å². The summed E-state index contributed by atoms with van der Waals surface area (Å²) < 4.78 is 0. The third-order valence-corrected chi connectivity index (χ3v) is 5.02. The van der Waals surface area contributed by atoms with E-state index in [-0.39, 0.29) is 0 Å². The molecule has 0 fully saturated rings. The fraction of sp³-hybridized carbons (Fsp3) is 0.250. The molecule has 0 bridgehead atoms. The van der Waals surface area contributed by atoms with E-state index in [2.05, 4.69) is 35.7 Å². The van der Waals surface area contributed by atoms with Crippen LogP contribution in [0.3, 0.4) is 0 Å². The Balaban J connectivity index is 1.91. The van der Waals surface area contributed by atoms with Crippen molar-refractivity contribution in [2.75, 3.05) is 0 Å². The summed E-state index contributed by atoms with van der Waals surface area (Å²) in [4.78, 5) is 27.7. The number of pyridine rings is 3. The highest BCUT2D eigenvalue weighted by molar-refractivity contribution is 5.62. The summed E-state index contributed by atoms with van der Waals surface area (Å²) in [5, 5.41) is 0. The molecule has 0 atom stereocenters. The lowest BCUT2D eigenvalue weighted by molar-refractivity contribution is 1.02. The summed E-state index contributed by atoms with van der Waals surface area (Å²) in [6.07, 6.45) is 8.14. The van der Waals surface area contributed by atoms with Gasteiger partial charge in [0, 0.05) is 18.6 Å². The van der Waals surface area contributed by atoms with Gasteiger partial charge in [0.15, 0.2) is 17.5 Å². The van der Waals surface area contributed by atoms with E-state index in [0.29, 0.717) is 17.5 Å². The molecular weight excluding hydrogens is 372 g/mol. The topological polar surface area (TPSA) is 77.3 Å². The number of rotatable bonds is 6. The van der Waals surface area contributed by atoms with Gasteiger partial charge in [-0.05, 0) is 72.4 Å². The highest BCUT2D eigenvalue weighted by atomic mass is 15.1. The Kier molecular flexibility index (Phi) is 5.84. The molecule has 30 heavy (non-hydrogen) atoms. The minimum atomic E-state index is 0.526. The van der Waals surface area contributed by atoms with Gasteiger partial charge in [-0.25, -0.2) is 15.0 Å². The zero-order valence-electron chi connectivity index (χ0n) is 17.5. The normalized spacial score (nSPS) is 10.9. The predicted molar refractivity (Wildman–Crippen MR) is 118 cm³/mol. The van der Waals surface area contributed by atoms with Gasteiger partial charge in [-0.15, -0.1) is 0 Å². The summed E-state index contributed by atoms with van der Waals surface area (Å²) in [6.45, 7) is 6.34. The first-order valence-corrected chi connectivity index (χ1v) is 10.3. The predicted octanol–water partition coefficient (Wildman–Crippen LogP) is 4.74. The van der Waals surface area contributed by atoms with E-state index in [9.17, 15) is 0 Å². The van der Waals surface area contributed by atoms with Gasteiger partial charge in [0.1, 0.15) is 17.1 Å². The molecule has 0 spiro atoms. The second kappa shape index (κ2) is 8.86. The molecule has 0 saturated carbocycles. The van der Waals surface area contributed by atoms with Crippen LogP contribution in [-0.2, 0) is 19.3 Å². The van der Waals surface area contributed by atoms with Gasteiger partial charge in [-0.3, -0.25) is 15.0 Å². The van der Waals surface area contributed by atoms with Crippen molar-refractivity contribution in [1.82, 2.24) is 29.9 Å². The first-order valence-electron chi connectivity index (χ1n) is 10.3. The van der Waals surface area contributed by atoms with Crippen molar-refractivity contribution in [2.45, 2.75) is 40.0 Å². The Labute approximate surface area is 176 Å². The molecule has 0 aromatic carbocycles. The van der Waals surface area contributed by atoms with Crippen molar-refractivity contribution in [3.63, 3.8) is 0 Å². The van der Waals surface area contributed by atoms with E-state index in [1.54, 1.807) is 18.6 Å². The number of aryl methyl sites for hydroxylation is 3. The smallest absolute Gasteiger partial charge is 0.182 e. The molecule has 4 rings (SSSR count). The SMILES string of the molecule is CCc1ccnc(-c2nc(-c3cc(CC)ccn3)nc(-c3cc(CC)ccn3)n2)c1. The van der Waals surface area contributed by atoms with Crippen LogP contribution in [-0.4, -0.2) is 29.9 Å². The van der Waals surface area contributed by atoms with Gasteiger partial charge >= 0.3 is 0 Å². The van der Waals surface area contributed by atoms with Crippen LogP contribution in [0, 0.1) is 0 Å². The average Bonchev–Trinajstić information content (AvgIpc) is 2.83. The lowest BCUT2D eigenvalue weighted by atomic mass is 10.1. The summed E-state index contributed by atoms with van der Waals surface area (Å²) in [7, 11) is 0. The molecular formula is C24H24N6. The largest absolute Gasteiger partial charge is 0.253 e. The van der Waals surface area contributed by atoms with Gasteiger partial charge < -0.3 is 0 Å². The molecule has 0 N–H and O–H groups in total. The van der Waals surface area contributed by atoms with Crippen LogP contribution in [0.4, 0.5) is 0 Å². The van der Waals surface area contributed by atoms with E-state index in [0.717, 1.165) is 36.3 Å². The standard InChI is InChI=1S/C24H24N6/c1-4-16-7-10-25-19(13-16)22-28-23(20-14-17(5-2)8-11-26-20)30-24(29-22)21-15-18(6-3)9-12-27-21/h7-15H,4-6H2,1-3H3. The van der Waals surface area contributed by atoms with Crippen LogP contribution in [0.1, 0.15) is 37.5 Å². The van der Waals surface area contributed by atoms with Crippen LogP contribution in [0.2, 0.25) is 0 Å². The molecule has 0 aliphatic carbocycles. The van der Waals surface area contributed by atoms with Crippen molar-refractivity contribution < 1.29 is 0 Å². The molecule has 0 aliphatic rings. The minimum Gasteiger partial charge on any atom is -0.253 e. The Morgan fingerprint density at radius 2 is 0.800 bits per heavy atom. The molecule has 4 aromatic heterocycles. The van der Waals surface area contributed by atoms with Crippen molar-refractivity contribution in [1.29, 1.82) is 0 Å². The zero-order chi connectivity index (χ0) is 20.9. The second-order valence-corrected chi connectivity index (χ2v) is 7.01. The first kappa shape index (κ1) is 19.8. The van der Waals surface area contributed by atoms with E-state index in [1.807, 2.05) is 36.4 Å². The maximum atomic E-state index is 4.72. The number of hydrogen-bond acceptors (Lipinski definition) is 6. The average molecular weight is 396 g/mol. The summed E-state index contributed by atoms with van der Waals surface area (Å²) in [5.74, 6) is 1.58. The quantitative estimate of drug-likeness (QED) is 0.468. The van der Waals surface area contributed by atoms with Gasteiger partial charge in [0.2, 0.25) is 0 Å². The molecule has 0 aliphatic heterocycles. The van der Waals surface area contributed by atoms with Gasteiger partial charge in [-0.2, -0.15) is 0 Å². The van der Waals surface area contributed by atoms with Gasteiger partial charge in [0.05, 0.1) is 0 Å². The van der Waals surface area contributed by atoms with Crippen LogP contribution in [0.15, 0.2) is 55.0 Å². The molecule has 0 amide bonds. The van der Waals surface area contributed by atoms with E-state index in [1.165, 1.54) is 16.7 Å². The molecule has 0 saturated heterocycles. The molecule has 0 unspecified atom stereocenters. The van der Waals surface area contributed by atoms with Gasteiger partial charge in [-0.1, -0.05) is 20.8 Å². The molecule has 4 aromatic rings. The first-order chi connectivity index (χ1) is 14.7. The minimum absolute atomic E-state index is 0.526. The molecule has 6 nitrogen and oxygen atoms in total. The van der Waals surface area contributed by atoms with Crippen molar-refractivity contribution in [3.8, 4) is 34.6 Å². The highest BCUT2D eigenvalue weighted by Gasteiger charge is 2.15. The lowest BCUT2D eigenvalue weighted by Gasteiger charge is -2.09. The fourth-order valence-electron chi connectivity index (χ4n) is 3.17. The second-order valence-electron chi connectivity index (χ2n) is 7.01. The molecule has 6 heteroatoms. The Morgan fingerprint density at radius 1 is 0.500 bits per heavy atom. The summed E-state index contributed by atoms with van der Waals surface area (Å²) >= 11 is 0. The maximum absolute atomic E-state index is 4.72. The summed E-state index contributed by atoms with van der Waals surface area (Å²) in [5.41, 5.74) is 5.70. The van der Waals surface area contributed by atoms with Crippen molar-refractivity contribution in [2.24, 2.45) is 0 Å². The highest BCUT2D eigenvalue weighted by Crippen LogP contribution is 2.23. The van der Waals surface area contributed by atoms with Crippen LogP contribution in [0.5, 0.6) is 0 Å². The fourth-order valence-corrected chi connectivity index (χ4v) is 3.17. The van der Waals surface area contributed by atoms with Crippen LogP contribution < -0.4 is 0 Å². The Hall–Kier alpha value is -3.54. The van der Waals surface area contributed by atoms with Crippen LogP contribution in [0.25, 0.3) is 34.6 Å². The van der Waals surface area contributed by atoms with Crippen molar-refractivity contribution in [3.05, 3.63) is 71.7 Å². The summed E-state index contributed by atoms with van der Waals surface area (Å²) in [6, 6.07) is 12.1. The number of aromatic nitrogens is 6. The van der Waals surface area contributed by atoms with Gasteiger partial charge in [0.25, 0.3) is 0 Å². The zero-order valence-corrected chi connectivity index (χ0v) is 17.5. The maximum Gasteiger partial charge on any atom is 0.182 e. The van der Waals surface area contributed by atoms with Crippen molar-refractivity contribution >= 4 is 0 Å². The number of nitrogens with zero attached hydrogens (tertiary/aromatic N) is 6. The van der Waals surface area contributed by atoms with Crippen LogP contribution >= 0.6 is 0 Å². The molecule has 0 radical (unpaired) electrons. The Bertz CT molecular complexity index is 1010. The molecule has 150 valence electrons. The van der Waals surface area contributed by atoms with E-state index >= 15 is 0 Å².